The molecule has 2 N–H and O–H groups in total. The highest BCUT2D eigenvalue weighted by molar-refractivity contribution is 4.97. The highest BCUT2D eigenvalue weighted by atomic mass is 16.5. The van der Waals surface area contributed by atoms with E-state index in [0.717, 1.165) is 19.7 Å². The van der Waals surface area contributed by atoms with Gasteiger partial charge in [-0.3, -0.25) is 4.90 Å². The molecular formula is C13H28N2O. The van der Waals surface area contributed by atoms with Gasteiger partial charge in [0.2, 0.25) is 0 Å². The third-order valence-electron chi connectivity index (χ3n) is 3.97. The van der Waals surface area contributed by atoms with Crippen molar-refractivity contribution in [1.82, 2.24) is 4.90 Å². The SMILES string of the molecule is CCC(CC)N(CCOC)CC1(CN)CC1. The molecule has 0 aromatic carbocycles. The van der Waals surface area contributed by atoms with E-state index in [1.165, 1.54) is 32.2 Å². The van der Waals surface area contributed by atoms with Crippen molar-refractivity contribution in [2.45, 2.75) is 45.6 Å². The smallest absolute Gasteiger partial charge is 0.0589 e. The third kappa shape index (κ3) is 3.72. The molecule has 3 nitrogen and oxygen atoms in total. The second kappa shape index (κ2) is 6.58. The lowest BCUT2D eigenvalue weighted by Gasteiger charge is -2.33. The van der Waals surface area contributed by atoms with Crippen molar-refractivity contribution in [2.24, 2.45) is 11.1 Å². The number of nitrogens with zero attached hydrogens (tertiary/aromatic N) is 1. The Balaban J connectivity index is 2.48. The highest BCUT2D eigenvalue weighted by Gasteiger charge is 2.43. The molecule has 0 aliphatic heterocycles. The summed E-state index contributed by atoms with van der Waals surface area (Å²) in [5.74, 6) is 0. The van der Waals surface area contributed by atoms with Crippen molar-refractivity contribution < 1.29 is 4.74 Å². The number of nitrogens with two attached hydrogens (primary N) is 1. The van der Waals surface area contributed by atoms with Gasteiger partial charge in [0.15, 0.2) is 0 Å². The van der Waals surface area contributed by atoms with Crippen LogP contribution in [0.1, 0.15) is 39.5 Å². The van der Waals surface area contributed by atoms with Gasteiger partial charge in [-0.25, -0.2) is 0 Å². The molecule has 0 aromatic heterocycles. The number of methoxy groups -OCH3 is 1. The van der Waals surface area contributed by atoms with Gasteiger partial charge in [0.05, 0.1) is 6.61 Å². The molecule has 0 aromatic rings. The maximum atomic E-state index is 5.87. The van der Waals surface area contributed by atoms with Crippen LogP contribution >= 0.6 is 0 Å². The molecule has 0 radical (unpaired) electrons. The molecule has 1 aliphatic rings. The quantitative estimate of drug-likeness (QED) is 0.654. The van der Waals surface area contributed by atoms with Crippen LogP contribution in [0.15, 0.2) is 0 Å². The van der Waals surface area contributed by atoms with Crippen LogP contribution in [0.5, 0.6) is 0 Å². The van der Waals surface area contributed by atoms with Gasteiger partial charge in [-0.2, -0.15) is 0 Å². The summed E-state index contributed by atoms with van der Waals surface area (Å²) in [5, 5.41) is 0. The number of rotatable bonds is 9. The Labute approximate surface area is 100 Å². The van der Waals surface area contributed by atoms with Crippen LogP contribution < -0.4 is 5.73 Å². The molecule has 0 saturated heterocycles. The average Bonchev–Trinajstić information content (AvgIpc) is 3.08. The number of hydrogen-bond donors (Lipinski definition) is 1. The fourth-order valence-corrected chi connectivity index (χ4v) is 2.44. The van der Waals surface area contributed by atoms with Gasteiger partial charge in [0, 0.05) is 26.2 Å². The van der Waals surface area contributed by atoms with Crippen LogP contribution in [-0.2, 0) is 4.74 Å². The average molecular weight is 228 g/mol. The summed E-state index contributed by atoms with van der Waals surface area (Å²) in [6, 6.07) is 0.694. The molecule has 1 rings (SSSR count). The zero-order valence-corrected chi connectivity index (χ0v) is 11.2. The summed E-state index contributed by atoms with van der Waals surface area (Å²) in [6.45, 7) is 8.43. The normalized spacial score (nSPS) is 18.4. The molecule has 16 heavy (non-hydrogen) atoms. The Morgan fingerprint density at radius 2 is 1.94 bits per heavy atom. The molecule has 96 valence electrons. The largest absolute Gasteiger partial charge is 0.383 e. The maximum absolute atomic E-state index is 5.87. The minimum absolute atomic E-state index is 0.441. The van der Waals surface area contributed by atoms with E-state index in [1.54, 1.807) is 7.11 Å². The summed E-state index contributed by atoms with van der Waals surface area (Å²) in [5.41, 5.74) is 6.31. The van der Waals surface area contributed by atoms with Gasteiger partial charge >= 0.3 is 0 Å². The van der Waals surface area contributed by atoms with Crippen molar-refractivity contribution in [2.75, 3.05) is 33.4 Å². The first-order valence-corrected chi connectivity index (χ1v) is 6.64. The fraction of sp³-hybridized carbons (Fsp3) is 1.00. The van der Waals surface area contributed by atoms with Gasteiger partial charge in [-0.05, 0) is 37.6 Å². The van der Waals surface area contributed by atoms with Gasteiger partial charge < -0.3 is 10.5 Å². The van der Waals surface area contributed by atoms with Crippen LogP contribution in [0.3, 0.4) is 0 Å². The molecular weight excluding hydrogens is 200 g/mol. The minimum Gasteiger partial charge on any atom is -0.383 e. The van der Waals surface area contributed by atoms with Crippen LogP contribution in [0.25, 0.3) is 0 Å². The van der Waals surface area contributed by atoms with Crippen molar-refractivity contribution >= 4 is 0 Å². The molecule has 0 atom stereocenters. The summed E-state index contributed by atoms with van der Waals surface area (Å²) in [4.78, 5) is 2.59. The molecule has 1 aliphatic carbocycles. The van der Waals surface area contributed by atoms with E-state index in [0.29, 0.717) is 11.5 Å². The second-order valence-corrected chi connectivity index (χ2v) is 5.14. The zero-order chi connectivity index (χ0) is 12.0. The Morgan fingerprint density at radius 1 is 1.31 bits per heavy atom. The molecule has 0 spiro atoms. The summed E-state index contributed by atoms with van der Waals surface area (Å²) in [6.07, 6.45) is 5.07. The Morgan fingerprint density at radius 3 is 2.31 bits per heavy atom. The van der Waals surface area contributed by atoms with E-state index in [-0.39, 0.29) is 0 Å². The second-order valence-electron chi connectivity index (χ2n) is 5.14. The van der Waals surface area contributed by atoms with Gasteiger partial charge in [-0.15, -0.1) is 0 Å². The third-order valence-corrected chi connectivity index (χ3v) is 3.97. The first-order valence-electron chi connectivity index (χ1n) is 6.64. The lowest BCUT2D eigenvalue weighted by molar-refractivity contribution is 0.0981. The van der Waals surface area contributed by atoms with E-state index in [1.807, 2.05) is 0 Å². The molecule has 3 heteroatoms. The Kier molecular flexibility index (Phi) is 5.73. The van der Waals surface area contributed by atoms with Crippen molar-refractivity contribution in [3.8, 4) is 0 Å². The molecule has 0 bridgehead atoms. The highest BCUT2D eigenvalue weighted by Crippen LogP contribution is 2.45. The van der Waals surface area contributed by atoms with Gasteiger partial charge in [0.1, 0.15) is 0 Å². The van der Waals surface area contributed by atoms with Crippen molar-refractivity contribution in [3.63, 3.8) is 0 Å². The Hall–Kier alpha value is -0.120. The maximum Gasteiger partial charge on any atom is 0.0589 e. The monoisotopic (exact) mass is 228 g/mol. The van der Waals surface area contributed by atoms with E-state index >= 15 is 0 Å². The van der Waals surface area contributed by atoms with Crippen molar-refractivity contribution in [3.05, 3.63) is 0 Å². The minimum atomic E-state index is 0.441. The zero-order valence-electron chi connectivity index (χ0n) is 11.2. The topological polar surface area (TPSA) is 38.5 Å². The van der Waals surface area contributed by atoms with Crippen LogP contribution in [-0.4, -0.2) is 44.3 Å². The first-order chi connectivity index (χ1) is 7.71. The molecule has 0 heterocycles. The summed E-state index contributed by atoms with van der Waals surface area (Å²) < 4.78 is 5.21. The lowest BCUT2D eigenvalue weighted by atomic mass is 10.0. The predicted octanol–water partition coefficient (Wildman–Crippen LogP) is 1.86. The molecule has 1 saturated carbocycles. The number of hydrogen-bond acceptors (Lipinski definition) is 3. The molecule has 0 unspecified atom stereocenters. The van der Waals surface area contributed by atoms with Crippen LogP contribution in [0.4, 0.5) is 0 Å². The van der Waals surface area contributed by atoms with Crippen LogP contribution in [0, 0.1) is 5.41 Å². The molecule has 0 amide bonds. The molecule has 1 fully saturated rings. The fourth-order valence-electron chi connectivity index (χ4n) is 2.44. The van der Waals surface area contributed by atoms with E-state index < -0.39 is 0 Å². The summed E-state index contributed by atoms with van der Waals surface area (Å²) >= 11 is 0. The lowest BCUT2D eigenvalue weighted by Crippen LogP contribution is -2.42. The number of ether oxygens (including phenoxy) is 1. The van der Waals surface area contributed by atoms with E-state index in [9.17, 15) is 0 Å². The Bertz CT molecular complexity index is 188. The first kappa shape index (κ1) is 13.9. The van der Waals surface area contributed by atoms with Gasteiger partial charge in [-0.1, -0.05) is 13.8 Å². The van der Waals surface area contributed by atoms with E-state index in [4.69, 9.17) is 10.5 Å². The predicted molar refractivity (Wildman–Crippen MR) is 68.5 cm³/mol. The van der Waals surface area contributed by atoms with E-state index in [2.05, 4.69) is 18.7 Å². The van der Waals surface area contributed by atoms with Crippen molar-refractivity contribution in [1.29, 1.82) is 0 Å². The standard InChI is InChI=1S/C13H28N2O/c1-4-12(5-2)15(8-9-16-3)11-13(10-14)6-7-13/h12H,4-11,14H2,1-3H3. The summed E-state index contributed by atoms with van der Waals surface area (Å²) in [7, 11) is 1.78. The van der Waals surface area contributed by atoms with Crippen LogP contribution in [0.2, 0.25) is 0 Å². The van der Waals surface area contributed by atoms with Gasteiger partial charge in [0.25, 0.3) is 0 Å².